The van der Waals surface area contributed by atoms with Crippen molar-refractivity contribution in [2.24, 2.45) is 0 Å². The number of carbonyl (C=O) groups is 2. The van der Waals surface area contributed by atoms with Crippen molar-refractivity contribution in [3.8, 4) is 0 Å². The van der Waals surface area contributed by atoms with Gasteiger partial charge in [0.25, 0.3) is 0 Å². The average molecular weight is 271 g/mol. The van der Waals surface area contributed by atoms with Crippen LogP contribution in [0.3, 0.4) is 0 Å². The van der Waals surface area contributed by atoms with Gasteiger partial charge in [-0.05, 0) is 30.7 Å². The Bertz CT molecular complexity index is 357. The second-order valence-electron chi connectivity index (χ2n) is 3.02. The molecule has 0 N–H and O–H groups in total. The molecular formula is C11H11BrO3. The van der Waals surface area contributed by atoms with Gasteiger partial charge in [-0.3, -0.25) is 4.79 Å². The minimum absolute atomic E-state index is 0.266. The van der Waals surface area contributed by atoms with Gasteiger partial charge in [0, 0.05) is 10.9 Å². The van der Waals surface area contributed by atoms with E-state index in [-0.39, 0.29) is 6.42 Å². The van der Waals surface area contributed by atoms with Crippen LogP contribution in [0.15, 0.2) is 28.7 Å². The fourth-order valence-electron chi connectivity index (χ4n) is 1.00. The molecule has 0 atom stereocenters. The van der Waals surface area contributed by atoms with E-state index < -0.39 is 11.9 Å². The number of halogens is 1. The number of esters is 2. The molecule has 4 heteroatoms. The summed E-state index contributed by atoms with van der Waals surface area (Å²) in [6, 6.07) is 6.65. The Kier molecular flexibility index (Phi) is 4.49. The third-order valence-corrected chi connectivity index (χ3v) is 2.27. The van der Waals surface area contributed by atoms with E-state index in [1.807, 2.05) is 6.92 Å². The van der Waals surface area contributed by atoms with Gasteiger partial charge >= 0.3 is 11.9 Å². The van der Waals surface area contributed by atoms with Gasteiger partial charge in [0.15, 0.2) is 0 Å². The molecule has 1 rings (SSSR count). The van der Waals surface area contributed by atoms with Gasteiger partial charge < -0.3 is 4.74 Å². The van der Waals surface area contributed by atoms with Crippen molar-refractivity contribution in [1.29, 1.82) is 0 Å². The van der Waals surface area contributed by atoms with E-state index >= 15 is 0 Å². The van der Waals surface area contributed by atoms with Gasteiger partial charge in [-0.25, -0.2) is 4.79 Å². The highest BCUT2D eigenvalue weighted by Crippen LogP contribution is 2.11. The molecule has 0 bridgehead atoms. The first-order chi connectivity index (χ1) is 7.13. The quantitative estimate of drug-likeness (QED) is 0.627. The molecule has 0 aliphatic rings. The molecule has 0 amide bonds. The summed E-state index contributed by atoms with van der Waals surface area (Å²) in [6.45, 7) is 1.85. The molecule has 3 nitrogen and oxygen atoms in total. The van der Waals surface area contributed by atoms with Gasteiger partial charge in [-0.15, -0.1) is 0 Å². The summed E-state index contributed by atoms with van der Waals surface area (Å²) in [5, 5.41) is 0. The molecule has 15 heavy (non-hydrogen) atoms. The van der Waals surface area contributed by atoms with Crippen LogP contribution in [0.25, 0.3) is 0 Å². The topological polar surface area (TPSA) is 43.4 Å². The summed E-state index contributed by atoms with van der Waals surface area (Å²) in [4.78, 5) is 22.4. The standard InChI is InChI=1S/C11H11BrO3/c1-2-3-10(13)15-11(14)8-4-6-9(12)7-5-8/h4-7H,2-3H2,1H3. The Morgan fingerprint density at radius 3 is 2.40 bits per heavy atom. The van der Waals surface area contributed by atoms with Crippen molar-refractivity contribution < 1.29 is 14.3 Å². The van der Waals surface area contributed by atoms with Crippen LogP contribution in [0.5, 0.6) is 0 Å². The number of rotatable bonds is 3. The van der Waals surface area contributed by atoms with E-state index in [0.29, 0.717) is 12.0 Å². The SMILES string of the molecule is CCCC(=O)OC(=O)c1ccc(Br)cc1. The van der Waals surface area contributed by atoms with Gasteiger partial charge in [-0.2, -0.15) is 0 Å². The second-order valence-corrected chi connectivity index (χ2v) is 3.93. The van der Waals surface area contributed by atoms with Crippen LogP contribution >= 0.6 is 15.9 Å². The third-order valence-electron chi connectivity index (χ3n) is 1.74. The summed E-state index contributed by atoms with van der Waals surface area (Å²) < 4.78 is 5.50. The molecule has 0 spiro atoms. The smallest absolute Gasteiger partial charge is 0.345 e. The van der Waals surface area contributed by atoms with Crippen molar-refractivity contribution in [3.05, 3.63) is 34.3 Å². The van der Waals surface area contributed by atoms with E-state index in [4.69, 9.17) is 0 Å². The van der Waals surface area contributed by atoms with Crippen LogP contribution in [-0.4, -0.2) is 11.9 Å². The number of benzene rings is 1. The maximum absolute atomic E-state index is 11.4. The molecule has 1 aromatic rings. The summed E-state index contributed by atoms with van der Waals surface area (Å²) in [6.07, 6.45) is 0.939. The average Bonchev–Trinajstić information content (AvgIpc) is 2.18. The first-order valence-corrected chi connectivity index (χ1v) is 5.43. The lowest BCUT2D eigenvalue weighted by Crippen LogP contribution is -2.11. The first-order valence-electron chi connectivity index (χ1n) is 4.64. The predicted octanol–water partition coefficient (Wildman–Crippen LogP) is 2.93. The van der Waals surface area contributed by atoms with Crippen molar-refractivity contribution in [2.75, 3.05) is 0 Å². The summed E-state index contributed by atoms with van der Waals surface area (Å²) in [5.74, 6) is -1.08. The van der Waals surface area contributed by atoms with Gasteiger partial charge in [0.05, 0.1) is 5.56 Å². The minimum Gasteiger partial charge on any atom is -0.389 e. The third kappa shape index (κ3) is 3.83. The molecule has 0 heterocycles. The Labute approximate surface area is 96.6 Å². The number of hydrogen-bond donors (Lipinski definition) is 0. The highest BCUT2D eigenvalue weighted by atomic mass is 79.9. The summed E-state index contributed by atoms with van der Waals surface area (Å²) >= 11 is 3.25. The molecule has 0 saturated heterocycles. The van der Waals surface area contributed by atoms with Crippen molar-refractivity contribution in [2.45, 2.75) is 19.8 Å². The Morgan fingerprint density at radius 1 is 1.27 bits per heavy atom. The van der Waals surface area contributed by atoms with E-state index in [2.05, 4.69) is 20.7 Å². The molecule has 0 aliphatic heterocycles. The highest BCUT2D eigenvalue weighted by molar-refractivity contribution is 9.10. The zero-order valence-corrected chi connectivity index (χ0v) is 9.91. The fourth-order valence-corrected chi connectivity index (χ4v) is 1.27. The zero-order chi connectivity index (χ0) is 11.3. The summed E-state index contributed by atoms with van der Waals surface area (Å²) in [5.41, 5.74) is 0.377. The molecule has 0 saturated carbocycles. The molecule has 0 unspecified atom stereocenters. The monoisotopic (exact) mass is 270 g/mol. The molecule has 1 aromatic carbocycles. The van der Waals surface area contributed by atoms with Crippen molar-refractivity contribution in [3.63, 3.8) is 0 Å². The zero-order valence-electron chi connectivity index (χ0n) is 8.33. The fraction of sp³-hybridized carbons (Fsp3) is 0.273. The maximum atomic E-state index is 11.4. The largest absolute Gasteiger partial charge is 0.389 e. The van der Waals surface area contributed by atoms with E-state index in [9.17, 15) is 9.59 Å². The van der Waals surface area contributed by atoms with Gasteiger partial charge in [-0.1, -0.05) is 22.9 Å². The number of ether oxygens (including phenoxy) is 1. The van der Waals surface area contributed by atoms with Gasteiger partial charge in [0.2, 0.25) is 0 Å². The number of hydrogen-bond acceptors (Lipinski definition) is 3. The van der Waals surface area contributed by atoms with Crippen LogP contribution in [0.2, 0.25) is 0 Å². The van der Waals surface area contributed by atoms with Crippen LogP contribution in [0.4, 0.5) is 0 Å². The molecule has 0 radical (unpaired) electrons. The summed E-state index contributed by atoms with van der Waals surface area (Å²) in [7, 11) is 0. The Hall–Kier alpha value is -1.16. The van der Waals surface area contributed by atoms with Crippen LogP contribution in [0.1, 0.15) is 30.1 Å². The highest BCUT2D eigenvalue weighted by Gasteiger charge is 2.11. The lowest BCUT2D eigenvalue weighted by atomic mass is 10.2. The van der Waals surface area contributed by atoms with Crippen LogP contribution in [-0.2, 0) is 9.53 Å². The lowest BCUT2D eigenvalue weighted by molar-refractivity contribution is -0.137. The molecule has 0 aromatic heterocycles. The predicted molar refractivity (Wildman–Crippen MR) is 59.5 cm³/mol. The van der Waals surface area contributed by atoms with Crippen LogP contribution in [0, 0.1) is 0 Å². The molecule has 0 aliphatic carbocycles. The van der Waals surface area contributed by atoms with Crippen molar-refractivity contribution >= 4 is 27.9 Å². The first kappa shape index (κ1) is 11.9. The number of carbonyl (C=O) groups excluding carboxylic acids is 2. The molecule has 0 fully saturated rings. The molecular weight excluding hydrogens is 260 g/mol. The molecule has 80 valence electrons. The maximum Gasteiger partial charge on any atom is 0.345 e. The lowest BCUT2D eigenvalue weighted by Gasteiger charge is -2.01. The Morgan fingerprint density at radius 2 is 1.87 bits per heavy atom. The van der Waals surface area contributed by atoms with E-state index in [1.165, 1.54) is 0 Å². The van der Waals surface area contributed by atoms with E-state index in [1.54, 1.807) is 24.3 Å². The van der Waals surface area contributed by atoms with E-state index in [0.717, 1.165) is 4.47 Å². The normalized spacial score (nSPS) is 9.73. The van der Waals surface area contributed by atoms with Gasteiger partial charge in [0.1, 0.15) is 0 Å². The van der Waals surface area contributed by atoms with Crippen molar-refractivity contribution in [1.82, 2.24) is 0 Å². The Balaban J connectivity index is 2.61. The van der Waals surface area contributed by atoms with Crippen LogP contribution < -0.4 is 0 Å². The minimum atomic E-state index is -0.596. The second kappa shape index (κ2) is 5.66.